The number of nitrogens with one attached hydrogen (secondary N) is 2. The van der Waals surface area contributed by atoms with Crippen LogP contribution in [0.25, 0.3) is 0 Å². The molecule has 1 aliphatic heterocycles. The van der Waals surface area contributed by atoms with E-state index in [-0.39, 0.29) is 36.7 Å². The molecule has 2 unspecified atom stereocenters. The molecule has 0 saturated carbocycles. The third-order valence-electron chi connectivity index (χ3n) is 4.92. The fourth-order valence-electron chi connectivity index (χ4n) is 3.58. The Balaban J connectivity index is 0.00000420. The zero-order chi connectivity index (χ0) is 20.4. The summed E-state index contributed by atoms with van der Waals surface area (Å²) >= 11 is 0. The van der Waals surface area contributed by atoms with Gasteiger partial charge >= 0.3 is 0 Å². The summed E-state index contributed by atoms with van der Waals surface area (Å²) in [6, 6.07) is 4.18. The molecule has 0 amide bonds. The lowest BCUT2D eigenvalue weighted by molar-refractivity contribution is 0.251. The van der Waals surface area contributed by atoms with E-state index in [1.807, 2.05) is 6.92 Å². The maximum absolute atomic E-state index is 9.26. The highest BCUT2D eigenvalue weighted by Crippen LogP contribution is 2.35. The van der Waals surface area contributed by atoms with E-state index in [1.54, 1.807) is 0 Å². The van der Waals surface area contributed by atoms with E-state index in [9.17, 15) is 5.11 Å². The fourth-order valence-corrected chi connectivity index (χ4v) is 3.58. The molecule has 3 N–H and O–H groups in total. The predicted octanol–water partition coefficient (Wildman–Crippen LogP) is 3.88. The molecule has 1 aromatic rings. The van der Waals surface area contributed by atoms with Crippen LogP contribution in [-0.2, 0) is 13.0 Å². The van der Waals surface area contributed by atoms with Crippen molar-refractivity contribution >= 4 is 29.9 Å². The SMILES string of the molecule is CCCC(CCO)CNC(=NCc1cc2c(cc1OCC)CC(C)O2)NCC.I. The van der Waals surface area contributed by atoms with Crippen LogP contribution in [-0.4, -0.2) is 43.5 Å². The van der Waals surface area contributed by atoms with Gasteiger partial charge in [-0.15, -0.1) is 24.0 Å². The van der Waals surface area contributed by atoms with Crippen LogP contribution in [0.15, 0.2) is 17.1 Å². The van der Waals surface area contributed by atoms with Crippen molar-refractivity contribution in [2.45, 2.75) is 66.0 Å². The van der Waals surface area contributed by atoms with Crippen LogP contribution < -0.4 is 20.1 Å². The molecule has 166 valence electrons. The number of ether oxygens (including phenoxy) is 2. The zero-order valence-electron chi connectivity index (χ0n) is 18.3. The molecule has 1 aliphatic rings. The van der Waals surface area contributed by atoms with Crippen molar-refractivity contribution in [3.63, 3.8) is 0 Å². The van der Waals surface area contributed by atoms with E-state index in [0.29, 0.717) is 19.1 Å². The first-order valence-electron chi connectivity index (χ1n) is 10.7. The molecule has 2 rings (SSSR count). The van der Waals surface area contributed by atoms with Crippen molar-refractivity contribution in [3.8, 4) is 11.5 Å². The topological polar surface area (TPSA) is 75.1 Å². The lowest BCUT2D eigenvalue weighted by Gasteiger charge is -2.18. The quantitative estimate of drug-likeness (QED) is 0.235. The lowest BCUT2D eigenvalue weighted by Crippen LogP contribution is -2.40. The Kier molecular flexibility index (Phi) is 12.4. The minimum absolute atomic E-state index is 0. The highest BCUT2D eigenvalue weighted by Gasteiger charge is 2.21. The van der Waals surface area contributed by atoms with Gasteiger partial charge in [-0.1, -0.05) is 13.3 Å². The number of aliphatic hydroxyl groups excluding tert-OH is 1. The number of benzene rings is 1. The molecule has 7 heteroatoms. The van der Waals surface area contributed by atoms with Gasteiger partial charge in [-0.05, 0) is 51.7 Å². The summed E-state index contributed by atoms with van der Waals surface area (Å²) in [6.45, 7) is 11.3. The molecule has 0 aromatic heterocycles. The molecular formula is C22H38IN3O3. The van der Waals surface area contributed by atoms with Crippen LogP contribution in [0.1, 0.15) is 58.1 Å². The molecule has 0 spiro atoms. The van der Waals surface area contributed by atoms with Gasteiger partial charge in [-0.25, -0.2) is 4.99 Å². The average molecular weight is 519 g/mol. The second-order valence-electron chi connectivity index (χ2n) is 7.38. The van der Waals surface area contributed by atoms with Gasteiger partial charge in [0, 0.05) is 37.2 Å². The van der Waals surface area contributed by atoms with Gasteiger partial charge in [0.25, 0.3) is 0 Å². The average Bonchev–Trinajstić information content (AvgIpc) is 3.03. The monoisotopic (exact) mass is 519 g/mol. The van der Waals surface area contributed by atoms with E-state index in [1.165, 1.54) is 5.56 Å². The molecular weight excluding hydrogens is 481 g/mol. The van der Waals surface area contributed by atoms with Crippen molar-refractivity contribution < 1.29 is 14.6 Å². The first-order chi connectivity index (χ1) is 13.6. The van der Waals surface area contributed by atoms with Gasteiger partial charge in [0.2, 0.25) is 0 Å². The summed E-state index contributed by atoms with van der Waals surface area (Å²) in [4.78, 5) is 4.76. The lowest BCUT2D eigenvalue weighted by atomic mass is 10.0. The number of rotatable bonds is 11. The van der Waals surface area contributed by atoms with Crippen LogP contribution in [0.5, 0.6) is 11.5 Å². The Morgan fingerprint density at radius 1 is 1.28 bits per heavy atom. The van der Waals surface area contributed by atoms with Gasteiger partial charge in [0.05, 0.1) is 13.2 Å². The normalized spacial score (nSPS) is 16.4. The highest BCUT2D eigenvalue weighted by molar-refractivity contribution is 14.0. The molecule has 0 fully saturated rings. The maximum atomic E-state index is 9.26. The minimum Gasteiger partial charge on any atom is -0.494 e. The number of hydrogen-bond acceptors (Lipinski definition) is 4. The number of fused-ring (bicyclic) bond motifs is 1. The molecule has 0 aliphatic carbocycles. The van der Waals surface area contributed by atoms with Crippen LogP contribution in [0.2, 0.25) is 0 Å². The molecule has 0 radical (unpaired) electrons. The third kappa shape index (κ3) is 8.20. The van der Waals surface area contributed by atoms with E-state index in [4.69, 9.17) is 14.5 Å². The number of nitrogens with zero attached hydrogens (tertiary/aromatic N) is 1. The Hall–Kier alpha value is -1.22. The van der Waals surface area contributed by atoms with Crippen LogP contribution in [0.3, 0.4) is 0 Å². The number of guanidine groups is 1. The van der Waals surface area contributed by atoms with E-state index < -0.39 is 0 Å². The van der Waals surface area contributed by atoms with Crippen LogP contribution in [0, 0.1) is 5.92 Å². The fraction of sp³-hybridized carbons (Fsp3) is 0.682. The van der Waals surface area contributed by atoms with Gasteiger partial charge in [-0.2, -0.15) is 0 Å². The first-order valence-corrected chi connectivity index (χ1v) is 10.7. The third-order valence-corrected chi connectivity index (χ3v) is 4.92. The summed E-state index contributed by atoms with van der Waals surface area (Å²) in [5.41, 5.74) is 2.24. The summed E-state index contributed by atoms with van der Waals surface area (Å²) in [6.07, 6.45) is 4.17. The van der Waals surface area contributed by atoms with E-state index in [2.05, 4.69) is 43.5 Å². The Morgan fingerprint density at radius 2 is 2.07 bits per heavy atom. The van der Waals surface area contributed by atoms with E-state index >= 15 is 0 Å². The van der Waals surface area contributed by atoms with Crippen molar-refractivity contribution in [1.29, 1.82) is 0 Å². The largest absolute Gasteiger partial charge is 0.494 e. The highest BCUT2D eigenvalue weighted by atomic mass is 127. The second-order valence-corrected chi connectivity index (χ2v) is 7.38. The second kappa shape index (κ2) is 13.9. The Bertz CT molecular complexity index is 634. The molecule has 0 saturated heterocycles. The molecule has 29 heavy (non-hydrogen) atoms. The molecule has 0 bridgehead atoms. The molecule has 1 heterocycles. The van der Waals surface area contributed by atoms with Gasteiger partial charge in [0.15, 0.2) is 5.96 Å². The van der Waals surface area contributed by atoms with Gasteiger partial charge in [0.1, 0.15) is 17.6 Å². The number of hydrogen-bond donors (Lipinski definition) is 3. The maximum Gasteiger partial charge on any atom is 0.191 e. The van der Waals surface area contributed by atoms with Crippen molar-refractivity contribution in [2.24, 2.45) is 10.9 Å². The summed E-state index contributed by atoms with van der Waals surface area (Å²) in [7, 11) is 0. The smallest absolute Gasteiger partial charge is 0.191 e. The van der Waals surface area contributed by atoms with E-state index in [0.717, 1.165) is 61.8 Å². The standard InChI is InChI=1S/C22H37N3O3.HI/c1-5-8-17(9-10-26)14-24-22(23-6-2)25-15-19-13-21-18(11-16(4)28-21)12-20(19)27-7-3;/h12-13,16-17,26H,5-11,14-15H2,1-4H3,(H2,23,24,25);1H. The van der Waals surface area contributed by atoms with Crippen LogP contribution >= 0.6 is 24.0 Å². The number of aliphatic hydroxyl groups is 1. The van der Waals surface area contributed by atoms with Crippen molar-refractivity contribution in [2.75, 3.05) is 26.3 Å². The summed E-state index contributed by atoms with van der Waals surface area (Å²) in [5.74, 6) is 3.08. The van der Waals surface area contributed by atoms with Crippen molar-refractivity contribution in [3.05, 3.63) is 23.3 Å². The Morgan fingerprint density at radius 3 is 2.72 bits per heavy atom. The summed E-state index contributed by atoms with van der Waals surface area (Å²) in [5, 5.41) is 16.0. The predicted molar refractivity (Wildman–Crippen MR) is 130 cm³/mol. The summed E-state index contributed by atoms with van der Waals surface area (Å²) < 4.78 is 11.8. The molecule has 6 nitrogen and oxygen atoms in total. The first kappa shape index (κ1) is 25.8. The molecule has 1 aromatic carbocycles. The van der Waals surface area contributed by atoms with Crippen molar-refractivity contribution in [1.82, 2.24) is 10.6 Å². The van der Waals surface area contributed by atoms with Crippen LogP contribution in [0.4, 0.5) is 0 Å². The number of halogens is 1. The number of aliphatic imine (C=N–C) groups is 1. The van der Waals surface area contributed by atoms with Gasteiger partial charge < -0.3 is 25.2 Å². The van der Waals surface area contributed by atoms with Gasteiger partial charge in [-0.3, -0.25) is 0 Å². The molecule has 2 atom stereocenters. The Labute approximate surface area is 192 Å². The minimum atomic E-state index is 0. The zero-order valence-corrected chi connectivity index (χ0v) is 20.6.